The Labute approximate surface area is 203 Å². The summed E-state index contributed by atoms with van der Waals surface area (Å²) in [6, 6.07) is 20.7. The molecule has 0 aliphatic heterocycles. The van der Waals surface area contributed by atoms with E-state index in [1.165, 1.54) is 0 Å². The highest BCUT2D eigenvalue weighted by Crippen LogP contribution is 2.41. The van der Waals surface area contributed by atoms with Gasteiger partial charge >= 0.3 is 0 Å². The molecule has 4 aromatic carbocycles. The predicted molar refractivity (Wildman–Crippen MR) is 135 cm³/mol. The first-order chi connectivity index (χ1) is 16.4. The maximum absolute atomic E-state index is 13.7. The molecule has 0 N–H and O–H groups in total. The maximum atomic E-state index is 13.7. The van der Waals surface area contributed by atoms with Crippen LogP contribution in [-0.2, 0) is 0 Å². The molecular weight excluding hydrogens is 436 g/mol. The van der Waals surface area contributed by atoms with E-state index in [2.05, 4.69) is 0 Å². The van der Waals surface area contributed by atoms with Crippen LogP contribution in [0.3, 0.4) is 0 Å². The number of hydrogen-bond acceptors (Lipinski definition) is 4. The first kappa shape index (κ1) is 22.4. The van der Waals surface area contributed by atoms with Crippen molar-refractivity contribution in [2.75, 3.05) is 0 Å². The van der Waals surface area contributed by atoms with Gasteiger partial charge in [-0.3, -0.25) is 19.2 Å². The van der Waals surface area contributed by atoms with Crippen molar-refractivity contribution in [3.05, 3.63) is 128 Å². The van der Waals surface area contributed by atoms with Crippen LogP contribution in [0.1, 0.15) is 82.2 Å². The van der Waals surface area contributed by atoms with E-state index in [-0.39, 0.29) is 41.7 Å². The van der Waals surface area contributed by atoms with Gasteiger partial charge in [0.1, 0.15) is 0 Å². The van der Waals surface area contributed by atoms with E-state index >= 15 is 0 Å². The first-order valence-corrected chi connectivity index (χ1v) is 11.0. The van der Waals surface area contributed by atoms with Gasteiger partial charge in [0.25, 0.3) is 0 Å². The number of benzene rings is 4. The van der Waals surface area contributed by atoms with Gasteiger partial charge in [-0.1, -0.05) is 80.2 Å². The Morgan fingerprint density at radius 2 is 0.657 bits per heavy atom. The monoisotopic (exact) mass is 458 g/mol. The largest absolute Gasteiger partial charge is 0.289 e. The Morgan fingerprint density at radius 1 is 0.371 bits per heavy atom. The van der Waals surface area contributed by atoms with Crippen LogP contribution >= 0.6 is 0 Å². The van der Waals surface area contributed by atoms with Crippen LogP contribution in [0.15, 0.2) is 72.8 Å². The van der Waals surface area contributed by atoms with E-state index in [1.54, 1.807) is 86.6 Å². The normalized spacial score (nSPS) is 13.4. The molecule has 0 spiro atoms. The summed E-state index contributed by atoms with van der Waals surface area (Å²) in [5.74, 6) is -0.932. The minimum Gasteiger partial charge on any atom is -0.289 e. The Morgan fingerprint density at radius 3 is 0.971 bits per heavy atom. The van der Waals surface area contributed by atoms with Gasteiger partial charge in [0.15, 0.2) is 23.1 Å². The molecule has 0 unspecified atom stereocenters. The molecule has 0 bridgehead atoms. The molecule has 0 aromatic heterocycles. The molecule has 6 rings (SSSR count). The van der Waals surface area contributed by atoms with Crippen LogP contribution in [0, 0.1) is 13.8 Å². The molecule has 4 heteroatoms. The molecule has 0 amide bonds. The Kier molecular flexibility index (Phi) is 4.99. The van der Waals surface area contributed by atoms with Crippen molar-refractivity contribution in [2.24, 2.45) is 0 Å². The molecule has 4 aromatic rings. The number of fused-ring (bicyclic) bond motifs is 4. The second-order valence-electron chi connectivity index (χ2n) is 8.77. The third-order valence-corrected chi connectivity index (χ3v) is 6.86. The second-order valence-corrected chi connectivity index (χ2v) is 8.77. The number of ketones is 4. The summed E-state index contributed by atoms with van der Waals surface area (Å²) >= 11 is 0. The second kappa shape index (κ2) is 7.81. The van der Waals surface area contributed by atoms with Gasteiger partial charge in [0.2, 0.25) is 0 Å². The van der Waals surface area contributed by atoms with Gasteiger partial charge in [-0.05, 0) is 36.1 Å². The van der Waals surface area contributed by atoms with Gasteiger partial charge in [0.05, 0.1) is 0 Å². The van der Waals surface area contributed by atoms with Crippen LogP contribution in [0.25, 0.3) is 11.1 Å². The topological polar surface area (TPSA) is 68.3 Å². The van der Waals surface area contributed by atoms with Gasteiger partial charge in [0, 0.05) is 44.5 Å². The van der Waals surface area contributed by atoms with Crippen LogP contribution in [0.4, 0.5) is 0 Å². The van der Waals surface area contributed by atoms with Gasteiger partial charge in [-0.2, -0.15) is 0 Å². The zero-order valence-electron chi connectivity index (χ0n) is 18.6. The third kappa shape index (κ3) is 2.93. The summed E-state index contributed by atoms with van der Waals surface area (Å²) in [6.45, 7) is 3.61. The van der Waals surface area contributed by atoms with E-state index < -0.39 is 0 Å². The van der Waals surface area contributed by atoms with Gasteiger partial charge in [-0.25, -0.2) is 0 Å². The molecule has 0 radical (unpaired) electrons. The molecule has 2 aliphatic carbocycles. The lowest BCUT2D eigenvalue weighted by atomic mass is 9.75. The number of carbonyl (C=O) groups excluding carboxylic acids is 4. The molecule has 0 saturated carbocycles. The highest BCUT2D eigenvalue weighted by Gasteiger charge is 2.37. The van der Waals surface area contributed by atoms with Crippen molar-refractivity contribution in [3.63, 3.8) is 0 Å². The molecule has 2 aliphatic rings. The van der Waals surface area contributed by atoms with Crippen molar-refractivity contribution in [1.29, 1.82) is 0 Å². The highest BCUT2D eigenvalue weighted by atomic mass is 16.1. The van der Waals surface area contributed by atoms with Gasteiger partial charge < -0.3 is 0 Å². The third-order valence-electron chi connectivity index (χ3n) is 6.86. The molecule has 0 atom stereocenters. The maximum Gasteiger partial charge on any atom is 0.195 e. The minimum absolute atomic E-state index is 0. The van der Waals surface area contributed by atoms with Crippen molar-refractivity contribution < 1.29 is 19.2 Å². The summed E-state index contributed by atoms with van der Waals surface area (Å²) in [7, 11) is 0. The van der Waals surface area contributed by atoms with E-state index in [0.717, 1.165) is 0 Å². The lowest BCUT2D eigenvalue weighted by Crippen LogP contribution is -2.25. The molecule has 35 heavy (non-hydrogen) atoms. The highest BCUT2D eigenvalue weighted by molar-refractivity contribution is 6.33. The first-order valence-electron chi connectivity index (χ1n) is 11.0. The molecular formula is C31H22O4. The minimum atomic E-state index is -0.256. The number of rotatable bonds is 1. The Bertz CT molecular complexity index is 1520. The van der Waals surface area contributed by atoms with Crippen LogP contribution < -0.4 is 0 Å². The number of carbonyl (C=O) groups is 4. The number of aryl methyl sites for hydroxylation is 2. The Balaban J connectivity index is 0.00000253. The molecule has 0 heterocycles. The zero-order chi connectivity index (χ0) is 23.7. The summed E-state index contributed by atoms with van der Waals surface area (Å²) < 4.78 is 0. The fraction of sp³-hybridized carbons (Fsp3) is 0.0968. The standard InChI is InChI=1S/C30H18O4.CH4/c1-15-11-13-17(25-23(15)27(31)19-7-3-5-9-21(19)29(25)33)18-14-12-16(2)24-26(18)30(34)22-10-6-4-8-20(22)28(24)32;/h3-14H,1-2H3;1H4. The predicted octanol–water partition coefficient (Wildman–Crippen LogP) is 6.16. The Hall–Kier alpha value is -4.44. The average molecular weight is 459 g/mol. The summed E-state index contributed by atoms with van der Waals surface area (Å²) in [4.78, 5) is 54.2. The fourth-order valence-electron chi connectivity index (χ4n) is 5.22. The fourth-order valence-corrected chi connectivity index (χ4v) is 5.22. The van der Waals surface area contributed by atoms with Crippen LogP contribution in [-0.4, -0.2) is 23.1 Å². The SMILES string of the molecule is C.Cc1ccc(-c2ccc(C)c3c2C(=O)c2ccccc2C3=O)c2c1C(=O)c1ccccc1C2=O. The molecule has 170 valence electrons. The zero-order valence-corrected chi connectivity index (χ0v) is 18.6. The van der Waals surface area contributed by atoms with Crippen molar-refractivity contribution in [3.8, 4) is 11.1 Å². The molecule has 0 fully saturated rings. The lowest BCUT2D eigenvalue weighted by Gasteiger charge is -2.25. The van der Waals surface area contributed by atoms with Gasteiger partial charge in [-0.15, -0.1) is 0 Å². The summed E-state index contributed by atoms with van der Waals surface area (Å²) in [5, 5.41) is 0. The summed E-state index contributed by atoms with van der Waals surface area (Å²) in [6.07, 6.45) is 0. The van der Waals surface area contributed by atoms with Crippen molar-refractivity contribution >= 4 is 23.1 Å². The van der Waals surface area contributed by atoms with E-state index in [4.69, 9.17) is 0 Å². The summed E-state index contributed by atoms with van der Waals surface area (Å²) in [5.41, 5.74) is 5.11. The molecule has 0 saturated heterocycles. The van der Waals surface area contributed by atoms with E-state index in [0.29, 0.717) is 55.6 Å². The van der Waals surface area contributed by atoms with Crippen LogP contribution in [0.2, 0.25) is 0 Å². The van der Waals surface area contributed by atoms with Crippen LogP contribution in [0.5, 0.6) is 0 Å². The van der Waals surface area contributed by atoms with E-state index in [9.17, 15) is 19.2 Å². The van der Waals surface area contributed by atoms with Crippen molar-refractivity contribution in [1.82, 2.24) is 0 Å². The van der Waals surface area contributed by atoms with E-state index in [1.807, 2.05) is 0 Å². The lowest BCUT2D eigenvalue weighted by molar-refractivity contribution is 0.0977. The quantitative estimate of drug-likeness (QED) is 0.296. The smallest absolute Gasteiger partial charge is 0.195 e. The average Bonchev–Trinajstić information content (AvgIpc) is 2.86. The number of hydrogen-bond donors (Lipinski definition) is 0. The molecule has 4 nitrogen and oxygen atoms in total. The van der Waals surface area contributed by atoms with Crippen molar-refractivity contribution in [2.45, 2.75) is 21.3 Å².